The molecule has 1 aromatic heterocycles. The third-order valence-corrected chi connectivity index (χ3v) is 4.19. The van der Waals surface area contributed by atoms with E-state index < -0.39 is 0 Å². The second-order valence-electron chi connectivity index (χ2n) is 5.02. The number of aryl methyl sites for hydroxylation is 1. The Morgan fingerprint density at radius 2 is 1.95 bits per heavy atom. The topological polar surface area (TPSA) is 58.9 Å². The molecule has 1 heterocycles. The van der Waals surface area contributed by atoms with Crippen molar-refractivity contribution in [2.45, 2.75) is 18.1 Å². The van der Waals surface area contributed by atoms with Gasteiger partial charge in [-0.3, -0.25) is 0 Å². The molecule has 0 unspecified atom stereocenters. The molecule has 22 heavy (non-hydrogen) atoms. The highest BCUT2D eigenvalue weighted by Gasteiger charge is 2.01. The first-order valence-corrected chi connectivity index (χ1v) is 7.97. The highest BCUT2D eigenvalue weighted by Crippen LogP contribution is 2.13. The molecule has 0 aliphatic rings. The molecule has 8 heteroatoms. The summed E-state index contributed by atoms with van der Waals surface area (Å²) in [7, 11) is 5.97. The number of halogens is 1. The van der Waals surface area contributed by atoms with Gasteiger partial charge >= 0.3 is 0 Å². The standard InChI is InChI=1S/C14H22N6S.ClH/c1-19(2)13-7-5-12(6-8-13)11-15-9-4-10-21-14-16-17-18-20(14)3;/h5-8,15H,4,9-11H2,1-3H3;1H. The number of rotatable bonds is 8. The first-order chi connectivity index (χ1) is 10.2. The lowest BCUT2D eigenvalue weighted by Crippen LogP contribution is -2.15. The molecular weight excluding hydrogens is 320 g/mol. The number of benzene rings is 1. The van der Waals surface area contributed by atoms with Crippen molar-refractivity contribution in [3.8, 4) is 0 Å². The third-order valence-electron chi connectivity index (χ3n) is 3.09. The number of aromatic nitrogens is 4. The molecule has 122 valence electrons. The van der Waals surface area contributed by atoms with Crippen molar-refractivity contribution in [1.82, 2.24) is 25.5 Å². The molecule has 0 aliphatic carbocycles. The van der Waals surface area contributed by atoms with Gasteiger partial charge in [-0.05, 0) is 41.1 Å². The molecule has 2 rings (SSSR count). The fourth-order valence-electron chi connectivity index (χ4n) is 1.85. The van der Waals surface area contributed by atoms with Gasteiger partial charge in [-0.2, -0.15) is 0 Å². The van der Waals surface area contributed by atoms with Crippen LogP contribution in [0, 0.1) is 0 Å². The van der Waals surface area contributed by atoms with Crippen LogP contribution >= 0.6 is 24.2 Å². The molecule has 6 nitrogen and oxygen atoms in total. The summed E-state index contributed by atoms with van der Waals surface area (Å²) in [5.74, 6) is 1.01. The highest BCUT2D eigenvalue weighted by atomic mass is 35.5. The van der Waals surface area contributed by atoms with Gasteiger partial charge in [0, 0.05) is 39.1 Å². The molecule has 0 amide bonds. The van der Waals surface area contributed by atoms with E-state index in [-0.39, 0.29) is 12.4 Å². The van der Waals surface area contributed by atoms with Crippen LogP contribution in [0.2, 0.25) is 0 Å². The van der Waals surface area contributed by atoms with Gasteiger partial charge in [0.1, 0.15) is 0 Å². The van der Waals surface area contributed by atoms with E-state index in [1.54, 1.807) is 16.4 Å². The van der Waals surface area contributed by atoms with E-state index in [2.05, 4.69) is 64.1 Å². The fourth-order valence-corrected chi connectivity index (χ4v) is 2.64. The Morgan fingerprint density at radius 3 is 2.55 bits per heavy atom. The summed E-state index contributed by atoms with van der Waals surface area (Å²) >= 11 is 1.69. The monoisotopic (exact) mass is 342 g/mol. The van der Waals surface area contributed by atoms with Crippen LogP contribution in [0.3, 0.4) is 0 Å². The van der Waals surface area contributed by atoms with Crippen molar-refractivity contribution in [3.63, 3.8) is 0 Å². The lowest BCUT2D eigenvalue weighted by atomic mass is 10.2. The third kappa shape index (κ3) is 5.82. The van der Waals surface area contributed by atoms with E-state index in [0.717, 1.165) is 30.4 Å². The molecule has 0 bridgehead atoms. The molecule has 1 N–H and O–H groups in total. The molecule has 0 radical (unpaired) electrons. The van der Waals surface area contributed by atoms with Gasteiger partial charge in [-0.1, -0.05) is 23.9 Å². The Morgan fingerprint density at radius 1 is 1.23 bits per heavy atom. The van der Waals surface area contributed by atoms with Gasteiger partial charge < -0.3 is 10.2 Å². The van der Waals surface area contributed by atoms with E-state index in [9.17, 15) is 0 Å². The van der Waals surface area contributed by atoms with Gasteiger partial charge in [-0.25, -0.2) is 4.68 Å². The Hall–Kier alpha value is -1.31. The van der Waals surface area contributed by atoms with Crippen LogP contribution in [0.25, 0.3) is 0 Å². The minimum absolute atomic E-state index is 0. The number of nitrogens with zero attached hydrogens (tertiary/aromatic N) is 5. The van der Waals surface area contributed by atoms with Crippen LogP contribution in [0.4, 0.5) is 5.69 Å². The number of tetrazole rings is 1. The second-order valence-corrected chi connectivity index (χ2v) is 6.09. The van der Waals surface area contributed by atoms with E-state index in [0.29, 0.717) is 0 Å². The van der Waals surface area contributed by atoms with Gasteiger partial charge in [-0.15, -0.1) is 17.5 Å². The molecule has 0 fully saturated rings. The molecule has 2 aromatic rings. The number of nitrogens with one attached hydrogen (secondary N) is 1. The quantitative estimate of drug-likeness (QED) is 0.584. The predicted octanol–water partition coefficient (Wildman–Crippen LogP) is 1.97. The summed E-state index contributed by atoms with van der Waals surface area (Å²) < 4.78 is 1.70. The maximum Gasteiger partial charge on any atom is 0.209 e. The van der Waals surface area contributed by atoms with Crippen LogP contribution in [-0.2, 0) is 13.6 Å². The maximum absolute atomic E-state index is 3.94. The van der Waals surface area contributed by atoms with Gasteiger partial charge in [0.25, 0.3) is 0 Å². The van der Waals surface area contributed by atoms with Crippen LogP contribution in [0.5, 0.6) is 0 Å². The Labute approximate surface area is 142 Å². The molecule has 0 atom stereocenters. The molecular formula is C14H23ClN6S. The summed E-state index contributed by atoms with van der Waals surface area (Å²) in [4.78, 5) is 2.11. The lowest BCUT2D eigenvalue weighted by molar-refractivity contribution is 0.661. The van der Waals surface area contributed by atoms with Crippen LogP contribution < -0.4 is 10.2 Å². The van der Waals surface area contributed by atoms with E-state index in [1.165, 1.54) is 11.3 Å². The zero-order valence-corrected chi connectivity index (χ0v) is 14.8. The van der Waals surface area contributed by atoms with Crippen LogP contribution in [0.15, 0.2) is 29.4 Å². The summed E-state index contributed by atoms with van der Waals surface area (Å²) in [6.07, 6.45) is 1.09. The predicted molar refractivity (Wildman–Crippen MR) is 93.9 cm³/mol. The highest BCUT2D eigenvalue weighted by molar-refractivity contribution is 7.99. The second kappa shape index (κ2) is 9.66. The maximum atomic E-state index is 3.94. The number of anilines is 1. The van der Waals surface area contributed by atoms with Crippen molar-refractivity contribution in [3.05, 3.63) is 29.8 Å². The molecule has 0 aliphatic heterocycles. The average Bonchev–Trinajstić information content (AvgIpc) is 2.88. The lowest BCUT2D eigenvalue weighted by Gasteiger charge is -2.12. The van der Waals surface area contributed by atoms with Crippen molar-refractivity contribution in [1.29, 1.82) is 0 Å². The fraction of sp³-hybridized carbons (Fsp3) is 0.500. The van der Waals surface area contributed by atoms with Crippen molar-refractivity contribution < 1.29 is 0 Å². The summed E-state index contributed by atoms with van der Waals surface area (Å²) in [5, 5.41) is 15.7. The van der Waals surface area contributed by atoms with Crippen LogP contribution in [0.1, 0.15) is 12.0 Å². The zero-order chi connectivity index (χ0) is 15.1. The van der Waals surface area contributed by atoms with E-state index in [4.69, 9.17) is 0 Å². The normalized spacial score (nSPS) is 10.3. The molecule has 0 saturated carbocycles. The molecule has 1 aromatic carbocycles. The van der Waals surface area contributed by atoms with Gasteiger partial charge in [0.05, 0.1) is 0 Å². The van der Waals surface area contributed by atoms with Crippen LogP contribution in [-0.4, -0.2) is 46.6 Å². The molecule has 0 spiro atoms. The Balaban J connectivity index is 0.00000242. The number of hydrogen-bond donors (Lipinski definition) is 1. The number of hydrogen-bond acceptors (Lipinski definition) is 6. The average molecular weight is 343 g/mol. The largest absolute Gasteiger partial charge is 0.378 e. The SMILES string of the molecule is CN(C)c1ccc(CNCCCSc2nnnn2C)cc1.Cl. The Kier molecular flexibility index (Phi) is 8.22. The summed E-state index contributed by atoms with van der Waals surface area (Å²) in [5.41, 5.74) is 2.54. The van der Waals surface area contributed by atoms with Crippen molar-refractivity contribution in [2.24, 2.45) is 7.05 Å². The minimum atomic E-state index is 0. The number of thioether (sulfide) groups is 1. The first kappa shape index (κ1) is 18.7. The molecule has 0 saturated heterocycles. The van der Waals surface area contributed by atoms with Crippen molar-refractivity contribution >= 4 is 29.9 Å². The van der Waals surface area contributed by atoms with Crippen molar-refractivity contribution in [2.75, 3.05) is 31.3 Å². The minimum Gasteiger partial charge on any atom is -0.378 e. The van der Waals surface area contributed by atoms with Gasteiger partial charge in [0.2, 0.25) is 5.16 Å². The Bertz CT molecular complexity index is 543. The summed E-state index contributed by atoms with van der Waals surface area (Å²) in [6.45, 7) is 1.90. The first-order valence-electron chi connectivity index (χ1n) is 6.99. The zero-order valence-electron chi connectivity index (χ0n) is 13.2. The van der Waals surface area contributed by atoms with Gasteiger partial charge in [0.15, 0.2) is 0 Å². The smallest absolute Gasteiger partial charge is 0.209 e. The van der Waals surface area contributed by atoms with E-state index in [1.807, 2.05) is 7.05 Å². The van der Waals surface area contributed by atoms with E-state index >= 15 is 0 Å². The summed E-state index contributed by atoms with van der Waals surface area (Å²) in [6, 6.07) is 8.63.